The highest BCUT2D eigenvalue weighted by molar-refractivity contribution is 5.83. The molecule has 2 aromatic carbocycles. The van der Waals surface area contributed by atoms with Crippen molar-refractivity contribution >= 4 is 11.8 Å². The number of rotatable bonds is 8. The molecule has 2 saturated heterocycles. The van der Waals surface area contributed by atoms with Gasteiger partial charge in [0.1, 0.15) is 5.75 Å². The molecule has 2 fully saturated rings. The van der Waals surface area contributed by atoms with Crippen LogP contribution in [0.5, 0.6) is 17.2 Å². The first-order chi connectivity index (χ1) is 19.2. The zero-order chi connectivity index (χ0) is 28.3. The van der Waals surface area contributed by atoms with E-state index in [0.29, 0.717) is 45.6 Å². The van der Waals surface area contributed by atoms with Crippen LogP contribution in [0.25, 0.3) is 0 Å². The molecule has 40 heavy (non-hydrogen) atoms. The number of carbonyl (C=O) groups is 2. The van der Waals surface area contributed by atoms with Crippen LogP contribution < -0.4 is 19.5 Å². The lowest BCUT2D eigenvalue weighted by molar-refractivity contribution is -0.138. The van der Waals surface area contributed by atoms with Gasteiger partial charge in [-0.3, -0.25) is 14.5 Å². The molecule has 0 aromatic heterocycles. The van der Waals surface area contributed by atoms with Crippen molar-refractivity contribution < 1.29 is 23.8 Å². The normalized spacial score (nSPS) is 20.9. The maximum atomic E-state index is 13.9. The number of amides is 2. The van der Waals surface area contributed by atoms with Crippen molar-refractivity contribution in [2.45, 2.75) is 58.8 Å². The molecule has 3 heterocycles. The highest BCUT2D eigenvalue weighted by atomic mass is 16.7. The van der Waals surface area contributed by atoms with Crippen LogP contribution in [0.1, 0.15) is 44.7 Å². The average molecular weight is 551 g/mol. The fourth-order valence-electron chi connectivity index (χ4n) is 5.85. The molecule has 0 unspecified atom stereocenters. The lowest BCUT2D eigenvalue weighted by Crippen LogP contribution is -2.52. The van der Waals surface area contributed by atoms with E-state index in [1.54, 1.807) is 7.11 Å². The summed E-state index contributed by atoms with van der Waals surface area (Å²) in [5.74, 6) is 2.50. The van der Waals surface area contributed by atoms with E-state index in [0.717, 1.165) is 41.5 Å². The number of benzene rings is 2. The Kier molecular flexibility index (Phi) is 8.51. The molecule has 216 valence electrons. The van der Waals surface area contributed by atoms with E-state index in [9.17, 15) is 9.59 Å². The Labute approximate surface area is 237 Å². The van der Waals surface area contributed by atoms with Gasteiger partial charge >= 0.3 is 0 Å². The third-order valence-electron chi connectivity index (χ3n) is 7.85. The predicted molar refractivity (Wildman–Crippen MR) is 152 cm³/mol. The molecular weight excluding hydrogens is 508 g/mol. The Bertz CT molecular complexity index is 1210. The van der Waals surface area contributed by atoms with Crippen molar-refractivity contribution in [1.29, 1.82) is 0 Å². The van der Waals surface area contributed by atoms with Crippen LogP contribution in [0.2, 0.25) is 0 Å². The molecule has 2 amide bonds. The fourth-order valence-corrected chi connectivity index (χ4v) is 5.85. The molecule has 0 radical (unpaired) electrons. The molecule has 3 aliphatic rings. The Morgan fingerprint density at radius 3 is 2.58 bits per heavy atom. The number of methoxy groups -OCH3 is 1. The lowest BCUT2D eigenvalue weighted by atomic mass is 9.91. The van der Waals surface area contributed by atoms with E-state index >= 15 is 0 Å². The van der Waals surface area contributed by atoms with Gasteiger partial charge in [-0.05, 0) is 47.2 Å². The quantitative estimate of drug-likeness (QED) is 0.540. The molecule has 0 saturated carbocycles. The van der Waals surface area contributed by atoms with Crippen molar-refractivity contribution in [2.24, 2.45) is 5.41 Å². The maximum absolute atomic E-state index is 13.9. The summed E-state index contributed by atoms with van der Waals surface area (Å²) in [6.45, 7) is 11.2. The fraction of sp³-hybridized carbons (Fsp3) is 0.548. The molecule has 1 N–H and O–H groups in total. The predicted octanol–water partition coefficient (Wildman–Crippen LogP) is 3.26. The standard InChI is InChI=1S/C31H42N4O5/c1-31(2,3)17-29(36)35(19-22-6-5-7-25(14-22)38-4)24-16-26(30(37)33-12-10-32-11-13-33)34(20-24)18-23-8-9-27-28(15-23)40-21-39-27/h5-9,14-15,24,26,32H,10-13,16-21H2,1-4H3/t24-,26+/m0/s1. The number of piperazine rings is 1. The van der Waals surface area contributed by atoms with Crippen LogP contribution in [-0.4, -0.2) is 85.2 Å². The van der Waals surface area contributed by atoms with E-state index < -0.39 is 0 Å². The summed E-state index contributed by atoms with van der Waals surface area (Å²) in [5, 5.41) is 3.34. The minimum atomic E-state index is -0.302. The van der Waals surface area contributed by atoms with Crippen LogP contribution >= 0.6 is 0 Å². The van der Waals surface area contributed by atoms with Gasteiger partial charge in [-0.2, -0.15) is 0 Å². The van der Waals surface area contributed by atoms with Crippen molar-refractivity contribution in [2.75, 3.05) is 46.6 Å². The minimum Gasteiger partial charge on any atom is -0.497 e. The minimum absolute atomic E-state index is 0.0908. The Morgan fingerprint density at radius 1 is 1.05 bits per heavy atom. The summed E-state index contributed by atoms with van der Waals surface area (Å²) in [7, 11) is 1.65. The Balaban J connectivity index is 1.42. The first-order valence-electron chi connectivity index (χ1n) is 14.2. The van der Waals surface area contributed by atoms with Crippen LogP contribution in [-0.2, 0) is 22.7 Å². The van der Waals surface area contributed by atoms with E-state index in [1.807, 2.05) is 52.3 Å². The summed E-state index contributed by atoms with van der Waals surface area (Å²) in [5.41, 5.74) is 1.93. The molecular formula is C31H42N4O5. The van der Waals surface area contributed by atoms with Crippen LogP contribution in [0.4, 0.5) is 0 Å². The Hall–Kier alpha value is -3.30. The third-order valence-corrected chi connectivity index (χ3v) is 7.85. The van der Waals surface area contributed by atoms with Gasteiger partial charge in [-0.15, -0.1) is 0 Å². The topological polar surface area (TPSA) is 83.6 Å². The number of hydrogen-bond acceptors (Lipinski definition) is 7. The largest absolute Gasteiger partial charge is 0.497 e. The highest BCUT2D eigenvalue weighted by Gasteiger charge is 2.42. The average Bonchev–Trinajstić information content (AvgIpc) is 3.58. The number of nitrogens with zero attached hydrogens (tertiary/aromatic N) is 3. The van der Waals surface area contributed by atoms with Crippen molar-refractivity contribution in [1.82, 2.24) is 20.0 Å². The summed E-state index contributed by atoms with van der Waals surface area (Å²) < 4.78 is 16.6. The van der Waals surface area contributed by atoms with Crippen LogP contribution in [0.3, 0.4) is 0 Å². The smallest absolute Gasteiger partial charge is 0.240 e. The van der Waals surface area contributed by atoms with E-state index in [1.165, 1.54) is 0 Å². The lowest BCUT2D eigenvalue weighted by Gasteiger charge is -2.33. The Morgan fingerprint density at radius 2 is 1.82 bits per heavy atom. The first-order valence-corrected chi connectivity index (χ1v) is 14.2. The molecule has 2 aromatic rings. The summed E-state index contributed by atoms with van der Waals surface area (Å²) in [6, 6.07) is 13.5. The number of ether oxygens (including phenoxy) is 3. The highest BCUT2D eigenvalue weighted by Crippen LogP contribution is 2.35. The van der Waals surface area contributed by atoms with Crippen molar-refractivity contribution in [3.63, 3.8) is 0 Å². The van der Waals surface area contributed by atoms with Gasteiger partial charge < -0.3 is 29.3 Å². The number of carbonyl (C=O) groups excluding carboxylic acids is 2. The van der Waals surface area contributed by atoms with Gasteiger partial charge in [0, 0.05) is 58.3 Å². The SMILES string of the molecule is COc1cccc(CN(C(=O)CC(C)(C)C)[C@H]2C[C@H](C(=O)N3CCNCC3)N(Cc3ccc4c(c3)OCO4)C2)c1. The second kappa shape index (κ2) is 12.1. The van der Waals surface area contributed by atoms with Gasteiger partial charge in [0.15, 0.2) is 11.5 Å². The van der Waals surface area contributed by atoms with Gasteiger partial charge in [0.05, 0.1) is 13.2 Å². The second-order valence-corrected chi connectivity index (χ2v) is 12.2. The third kappa shape index (κ3) is 6.70. The summed E-state index contributed by atoms with van der Waals surface area (Å²) in [4.78, 5) is 33.9. The number of nitrogens with one attached hydrogen (secondary N) is 1. The molecule has 0 bridgehead atoms. The van der Waals surface area contributed by atoms with Crippen molar-refractivity contribution in [3.05, 3.63) is 53.6 Å². The van der Waals surface area contributed by atoms with Crippen LogP contribution in [0.15, 0.2) is 42.5 Å². The zero-order valence-electron chi connectivity index (χ0n) is 24.2. The molecule has 9 nitrogen and oxygen atoms in total. The monoisotopic (exact) mass is 550 g/mol. The van der Waals surface area contributed by atoms with Gasteiger partial charge in [0.25, 0.3) is 0 Å². The first kappa shape index (κ1) is 28.2. The van der Waals surface area contributed by atoms with E-state index in [2.05, 4.69) is 31.0 Å². The van der Waals surface area contributed by atoms with Gasteiger partial charge in [0.2, 0.25) is 18.6 Å². The van der Waals surface area contributed by atoms with E-state index in [-0.39, 0.29) is 36.1 Å². The van der Waals surface area contributed by atoms with Gasteiger partial charge in [-0.1, -0.05) is 39.0 Å². The number of fused-ring (bicyclic) bond motifs is 1. The zero-order valence-corrected chi connectivity index (χ0v) is 24.2. The molecule has 9 heteroatoms. The molecule has 2 atom stereocenters. The maximum Gasteiger partial charge on any atom is 0.240 e. The number of hydrogen-bond donors (Lipinski definition) is 1. The molecule has 0 aliphatic carbocycles. The summed E-state index contributed by atoms with van der Waals surface area (Å²) >= 11 is 0. The van der Waals surface area contributed by atoms with Gasteiger partial charge in [-0.25, -0.2) is 0 Å². The van der Waals surface area contributed by atoms with Crippen molar-refractivity contribution in [3.8, 4) is 17.2 Å². The second-order valence-electron chi connectivity index (χ2n) is 12.2. The van der Waals surface area contributed by atoms with Crippen LogP contribution in [0, 0.1) is 5.41 Å². The molecule has 0 spiro atoms. The molecule has 5 rings (SSSR count). The van der Waals surface area contributed by atoms with E-state index in [4.69, 9.17) is 14.2 Å². The summed E-state index contributed by atoms with van der Waals surface area (Å²) in [6.07, 6.45) is 1.04. The molecule has 3 aliphatic heterocycles. The number of likely N-dealkylation sites (tertiary alicyclic amines) is 1.